The van der Waals surface area contributed by atoms with Gasteiger partial charge in [0.2, 0.25) is 5.91 Å². The summed E-state index contributed by atoms with van der Waals surface area (Å²) < 4.78 is 6.47. The lowest BCUT2D eigenvalue weighted by Crippen LogP contribution is -2.30. The molecule has 0 saturated carbocycles. The summed E-state index contributed by atoms with van der Waals surface area (Å²) in [5.41, 5.74) is 0. The molecule has 1 aromatic heterocycles. The zero-order chi connectivity index (χ0) is 11.1. The van der Waals surface area contributed by atoms with Crippen LogP contribution < -0.4 is 10.6 Å². The van der Waals surface area contributed by atoms with E-state index in [9.17, 15) is 4.79 Å². The molecule has 1 amide bonds. The van der Waals surface area contributed by atoms with Gasteiger partial charge in [-0.05, 0) is 0 Å². The smallest absolute Gasteiger partial charge is 0.239 e. The first-order valence-corrected chi connectivity index (χ1v) is 4.71. The molecular formula is C9H16N4O2. The zero-order valence-corrected chi connectivity index (χ0v) is 8.99. The molecule has 0 atom stereocenters. The van der Waals surface area contributed by atoms with Crippen molar-refractivity contribution in [1.82, 2.24) is 15.1 Å². The monoisotopic (exact) mass is 212 g/mol. The molecule has 6 nitrogen and oxygen atoms in total. The van der Waals surface area contributed by atoms with Crippen molar-refractivity contribution in [3.63, 3.8) is 0 Å². The molecule has 0 aliphatic heterocycles. The van der Waals surface area contributed by atoms with Gasteiger partial charge in [0.15, 0.2) is 5.82 Å². The lowest BCUT2D eigenvalue weighted by atomic mass is 10.5. The molecule has 1 rings (SSSR count). The van der Waals surface area contributed by atoms with Gasteiger partial charge in [-0.1, -0.05) is 0 Å². The maximum Gasteiger partial charge on any atom is 0.239 e. The van der Waals surface area contributed by atoms with Crippen molar-refractivity contribution in [2.24, 2.45) is 7.05 Å². The lowest BCUT2D eigenvalue weighted by Gasteiger charge is -2.03. The number of carbonyl (C=O) groups excluding carboxylic acids is 1. The zero-order valence-electron chi connectivity index (χ0n) is 8.99. The molecule has 0 unspecified atom stereocenters. The van der Waals surface area contributed by atoms with E-state index in [1.807, 2.05) is 0 Å². The average Bonchev–Trinajstić information content (AvgIpc) is 2.59. The van der Waals surface area contributed by atoms with Crippen LogP contribution in [0, 0.1) is 0 Å². The summed E-state index contributed by atoms with van der Waals surface area (Å²) in [6.45, 7) is 1.52. The minimum absolute atomic E-state index is 0.107. The van der Waals surface area contributed by atoms with Crippen LogP contribution in [0.1, 0.15) is 0 Å². The van der Waals surface area contributed by atoms with Crippen LogP contribution in [0.3, 0.4) is 0 Å². The molecule has 0 spiro atoms. The van der Waals surface area contributed by atoms with Crippen LogP contribution in [-0.2, 0) is 16.6 Å². The molecule has 84 valence electrons. The second kappa shape index (κ2) is 6.15. The molecule has 1 aromatic rings. The van der Waals surface area contributed by atoms with E-state index in [1.54, 1.807) is 31.1 Å². The number of nitrogens with one attached hydrogen (secondary N) is 2. The van der Waals surface area contributed by atoms with Crippen LogP contribution in [0.2, 0.25) is 0 Å². The third kappa shape index (κ3) is 4.57. The fraction of sp³-hybridized carbons (Fsp3) is 0.556. The summed E-state index contributed by atoms with van der Waals surface area (Å²) in [5.74, 6) is 0.459. The molecule has 0 fully saturated rings. The Hall–Kier alpha value is -1.40. The normalized spacial score (nSPS) is 10.3. The van der Waals surface area contributed by atoms with E-state index >= 15 is 0 Å². The van der Waals surface area contributed by atoms with Crippen LogP contribution in [0.25, 0.3) is 0 Å². The number of hydrogen-bond donors (Lipinski definition) is 2. The van der Waals surface area contributed by atoms with E-state index in [4.69, 9.17) is 4.74 Å². The minimum Gasteiger partial charge on any atom is -0.383 e. The van der Waals surface area contributed by atoms with Gasteiger partial charge in [0.05, 0.1) is 13.2 Å². The number of carbonyl (C=O) groups is 1. The van der Waals surface area contributed by atoms with Crippen molar-refractivity contribution >= 4 is 11.7 Å². The van der Waals surface area contributed by atoms with Crippen LogP contribution in [-0.4, -0.2) is 42.5 Å². The van der Waals surface area contributed by atoms with Crippen molar-refractivity contribution in [3.8, 4) is 0 Å². The average molecular weight is 212 g/mol. The van der Waals surface area contributed by atoms with Crippen molar-refractivity contribution in [3.05, 3.63) is 12.3 Å². The molecule has 6 heteroatoms. The van der Waals surface area contributed by atoms with Crippen molar-refractivity contribution in [2.75, 3.05) is 32.1 Å². The van der Waals surface area contributed by atoms with E-state index in [-0.39, 0.29) is 12.5 Å². The number of aryl methyl sites for hydroxylation is 1. The number of ether oxygens (including phenoxy) is 1. The third-order valence-electron chi connectivity index (χ3n) is 1.75. The molecule has 2 N–H and O–H groups in total. The van der Waals surface area contributed by atoms with Gasteiger partial charge in [0, 0.05) is 33.0 Å². The minimum atomic E-state index is -0.107. The summed E-state index contributed by atoms with van der Waals surface area (Å²) >= 11 is 0. The molecule has 0 bridgehead atoms. The van der Waals surface area contributed by atoms with Gasteiger partial charge in [-0.2, -0.15) is 5.10 Å². The summed E-state index contributed by atoms with van der Waals surface area (Å²) in [7, 11) is 3.42. The Labute approximate surface area is 88.6 Å². The van der Waals surface area contributed by atoms with E-state index in [2.05, 4.69) is 15.7 Å². The van der Waals surface area contributed by atoms with Gasteiger partial charge in [-0.15, -0.1) is 0 Å². The number of methoxy groups -OCH3 is 1. The highest BCUT2D eigenvalue weighted by Crippen LogP contribution is 1.99. The summed E-state index contributed by atoms with van der Waals surface area (Å²) in [6, 6.07) is 1.74. The molecule has 0 aliphatic rings. The predicted octanol–water partition coefficient (Wildman–Crippen LogP) is -0.405. The Morgan fingerprint density at radius 3 is 3.07 bits per heavy atom. The SMILES string of the molecule is COCCNCC(=O)Nc1ccn(C)n1. The maximum absolute atomic E-state index is 11.3. The number of nitrogens with zero attached hydrogens (tertiary/aromatic N) is 2. The highest BCUT2D eigenvalue weighted by Gasteiger charge is 2.02. The lowest BCUT2D eigenvalue weighted by molar-refractivity contribution is -0.115. The highest BCUT2D eigenvalue weighted by molar-refractivity contribution is 5.91. The van der Waals surface area contributed by atoms with Gasteiger partial charge in [-0.25, -0.2) is 0 Å². The fourth-order valence-electron chi connectivity index (χ4n) is 1.04. The van der Waals surface area contributed by atoms with Crippen molar-refractivity contribution in [1.29, 1.82) is 0 Å². The Bertz CT molecular complexity index is 311. The Morgan fingerprint density at radius 1 is 1.67 bits per heavy atom. The van der Waals surface area contributed by atoms with Crippen molar-refractivity contribution < 1.29 is 9.53 Å². The number of anilines is 1. The van der Waals surface area contributed by atoms with Crippen LogP contribution in [0.15, 0.2) is 12.3 Å². The van der Waals surface area contributed by atoms with E-state index in [0.29, 0.717) is 19.0 Å². The molecular weight excluding hydrogens is 196 g/mol. The molecule has 0 radical (unpaired) electrons. The second-order valence-electron chi connectivity index (χ2n) is 3.09. The van der Waals surface area contributed by atoms with E-state index in [1.165, 1.54) is 0 Å². The number of rotatable bonds is 6. The van der Waals surface area contributed by atoms with Gasteiger partial charge < -0.3 is 15.4 Å². The van der Waals surface area contributed by atoms with Gasteiger partial charge in [0.25, 0.3) is 0 Å². The Morgan fingerprint density at radius 2 is 2.47 bits per heavy atom. The van der Waals surface area contributed by atoms with Crippen molar-refractivity contribution in [2.45, 2.75) is 0 Å². The Kier molecular flexibility index (Phi) is 4.79. The molecule has 1 heterocycles. The van der Waals surface area contributed by atoms with Gasteiger partial charge in [-0.3, -0.25) is 9.48 Å². The quantitative estimate of drug-likeness (QED) is 0.629. The first-order valence-electron chi connectivity index (χ1n) is 4.71. The predicted molar refractivity (Wildman–Crippen MR) is 56.6 cm³/mol. The topological polar surface area (TPSA) is 68.2 Å². The third-order valence-corrected chi connectivity index (χ3v) is 1.75. The first kappa shape index (κ1) is 11.7. The number of hydrogen-bond acceptors (Lipinski definition) is 4. The number of amides is 1. The molecule has 0 aliphatic carbocycles. The van der Waals surface area contributed by atoms with E-state index < -0.39 is 0 Å². The second-order valence-corrected chi connectivity index (χ2v) is 3.09. The Balaban J connectivity index is 2.18. The standard InChI is InChI=1S/C9H16N4O2/c1-13-5-3-8(12-13)11-9(14)7-10-4-6-15-2/h3,5,10H,4,6-7H2,1-2H3,(H,11,12,14). The first-order chi connectivity index (χ1) is 7.22. The summed E-state index contributed by atoms with van der Waals surface area (Å²) in [4.78, 5) is 11.3. The number of aromatic nitrogens is 2. The van der Waals surface area contributed by atoms with Crippen LogP contribution in [0.5, 0.6) is 0 Å². The van der Waals surface area contributed by atoms with E-state index in [0.717, 1.165) is 0 Å². The largest absolute Gasteiger partial charge is 0.383 e. The fourth-order valence-corrected chi connectivity index (χ4v) is 1.04. The van der Waals surface area contributed by atoms with Crippen LogP contribution >= 0.6 is 0 Å². The summed E-state index contributed by atoms with van der Waals surface area (Å²) in [6.07, 6.45) is 1.77. The van der Waals surface area contributed by atoms with Gasteiger partial charge >= 0.3 is 0 Å². The van der Waals surface area contributed by atoms with Crippen LogP contribution in [0.4, 0.5) is 5.82 Å². The highest BCUT2D eigenvalue weighted by atomic mass is 16.5. The van der Waals surface area contributed by atoms with Gasteiger partial charge in [0.1, 0.15) is 0 Å². The maximum atomic E-state index is 11.3. The molecule has 0 saturated heterocycles. The summed E-state index contributed by atoms with van der Waals surface area (Å²) in [5, 5.41) is 9.63. The molecule has 15 heavy (non-hydrogen) atoms. The molecule has 0 aromatic carbocycles.